The lowest BCUT2D eigenvalue weighted by atomic mass is 10.1. The van der Waals surface area contributed by atoms with Crippen molar-refractivity contribution in [1.29, 1.82) is 0 Å². The van der Waals surface area contributed by atoms with Gasteiger partial charge in [0.15, 0.2) is 0 Å². The summed E-state index contributed by atoms with van der Waals surface area (Å²) in [6.45, 7) is 5.85. The van der Waals surface area contributed by atoms with Crippen molar-refractivity contribution in [2.75, 3.05) is 13.6 Å². The van der Waals surface area contributed by atoms with Gasteiger partial charge in [0.05, 0.1) is 11.3 Å². The Kier molecular flexibility index (Phi) is 7.78. The molecule has 0 fully saturated rings. The molecule has 1 aromatic heterocycles. The van der Waals surface area contributed by atoms with Crippen molar-refractivity contribution in [3.63, 3.8) is 0 Å². The van der Waals surface area contributed by atoms with E-state index in [9.17, 15) is 13.2 Å². The maximum absolute atomic E-state index is 12.6. The van der Waals surface area contributed by atoms with Gasteiger partial charge in [0.2, 0.25) is 5.88 Å². The van der Waals surface area contributed by atoms with Crippen LogP contribution in [-0.4, -0.2) is 31.0 Å². The first kappa shape index (κ1) is 22.4. The summed E-state index contributed by atoms with van der Waals surface area (Å²) in [4.78, 5) is 11.6. The predicted octanol–water partition coefficient (Wildman–Crippen LogP) is 5.22. The van der Waals surface area contributed by atoms with Gasteiger partial charge in [0.1, 0.15) is 16.6 Å². The summed E-state index contributed by atoms with van der Waals surface area (Å²) in [6.07, 6.45) is -3.00. The smallest absolute Gasteiger partial charge is 0.417 e. The molecule has 0 saturated carbocycles. The molecule has 0 atom stereocenters. The van der Waals surface area contributed by atoms with Crippen LogP contribution >= 0.6 is 11.6 Å². The molecule has 5 nitrogen and oxygen atoms in total. The van der Waals surface area contributed by atoms with Gasteiger partial charge >= 0.3 is 6.18 Å². The number of nitrogens with zero attached hydrogens (tertiary/aromatic N) is 3. The molecule has 1 heterocycles. The Balaban J connectivity index is 1.93. The number of nitrogens with one attached hydrogen (secondary N) is 1. The van der Waals surface area contributed by atoms with Crippen LogP contribution < -0.4 is 10.1 Å². The topological polar surface area (TPSA) is 58.9 Å². The molecule has 1 N–H and O–H groups in total. The van der Waals surface area contributed by atoms with E-state index in [1.54, 1.807) is 26.1 Å². The van der Waals surface area contributed by atoms with Gasteiger partial charge in [-0.15, -0.1) is 0 Å². The molecule has 9 heteroatoms. The van der Waals surface area contributed by atoms with Crippen LogP contribution in [0.3, 0.4) is 0 Å². The van der Waals surface area contributed by atoms with Crippen molar-refractivity contribution in [1.82, 2.24) is 10.3 Å². The molecule has 0 aliphatic carbocycles. The summed E-state index contributed by atoms with van der Waals surface area (Å²) >= 11 is 6.18. The second-order valence-electron chi connectivity index (χ2n) is 5.94. The van der Waals surface area contributed by atoms with Crippen LogP contribution in [0.15, 0.2) is 63.4 Å². The van der Waals surface area contributed by atoms with Crippen LogP contribution in [0.4, 0.5) is 13.2 Å². The lowest BCUT2D eigenvalue weighted by Crippen LogP contribution is -2.18. The fraction of sp³-hybridized carbons (Fsp3) is 0.250. The third kappa shape index (κ3) is 6.60. The van der Waals surface area contributed by atoms with Crippen molar-refractivity contribution >= 4 is 24.0 Å². The van der Waals surface area contributed by atoms with Crippen molar-refractivity contribution in [2.24, 2.45) is 9.98 Å². The minimum atomic E-state index is -4.43. The first-order valence-corrected chi connectivity index (χ1v) is 8.96. The van der Waals surface area contributed by atoms with Crippen molar-refractivity contribution < 1.29 is 17.9 Å². The van der Waals surface area contributed by atoms with Crippen LogP contribution in [0.1, 0.15) is 18.1 Å². The minimum absolute atomic E-state index is 0.0850. The molecule has 0 aliphatic rings. The largest absolute Gasteiger partial charge is 0.439 e. The van der Waals surface area contributed by atoms with E-state index in [-0.39, 0.29) is 5.88 Å². The number of aliphatic imine (C=N–C) groups is 2. The first-order valence-electron chi connectivity index (χ1n) is 8.58. The number of rotatable bonds is 8. The monoisotopic (exact) mass is 424 g/mol. The molecule has 0 radical (unpaired) electrons. The average Bonchev–Trinajstić information content (AvgIpc) is 2.71. The Labute approximate surface area is 172 Å². The highest BCUT2D eigenvalue weighted by molar-refractivity contribution is 6.43. The van der Waals surface area contributed by atoms with E-state index >= 15 is 0 Å². The Morgan fingerprint density at radius 1 is 1.21 bits per heavy atom. The van der Waals surface area contributed by atoms with Crippen LogP contribution in [-0.2, 0) is 12.6 Å². The Morgan fingerprint density at radius 3 is 2.41 bits per heavy atom. The normalized spacial score (nSPS) is 13.0. The fourth-order valence-electron chi connectivity index (χ4n) is 2.25. The van der Waals surface area contributed by atoms with E-state index in [0.29, 0.717) is 35.3 Å². The predicted molar refractivity (Wildman–Crippen MR) is 109 cm³/mol. The molecule has 1 aromatic carbocycles. The van der Waals surface area contributed by atoms with Gasteiger partial charge in [0, 0.05) is 25.9 Å². The quantitative estimate of drug-likeness (QED) is 0.591. The van der Waals surface area contributed by atoms with Crippen molar-refractivity contribution in [2.45, 2.75) is 19.5 Å². The summed E-state index contributed by atoms with van der Waals surface area (Å²) in [6, 6.07) is 9.26. The Bertz CT molecular complexity index is 891. The number of hydrogen-bond acceptors (Lipinski definition) is 5. The van der Waals surface area contributed by atoms with Crippen molar-refractivity contribution in [3.8, 4) is 11.6 Å². The molecular formula is C20H20ClF3N4O. The van der Waals surface area contributed by atoms with Crippen LogP contribution in [0, 0.1) is 0 Å². The molecule has 154 valence electrons. The molecule has 0 saturated heterocycles. The number of alkyl halides is 3. The zero-order valence-electron chi connectivity index (χ0n) is 15.9. The first-order chi connectivity index (χ1) is 13.7. The van der Waals surface area contributed by atoms with Gasteiger partial charge in [0.25, 0.3) is 0 Å². The average molecular weight is 425 g/mol. The number of hydrogen-bond donors (Lipinski definition) is 1. The highest BCUT2D eigenvalue weighted by Gasteiger charge is 2.30. The molecule has 0 spiro atoms. The SMILES string of the molecule is C=N/C(NCCc1ccc(Oc2ccc(C(F)(F)F)cn2)cc1)=C(Cl)\C(C)=N/C. The van der Waals surface area contributed by atoms with Gasteiger partial charge in [-0.2, -0.15) is 13.2 Å². The van der Waals surface area contributed by atoms with Crippen molar-refractivity contribution in [3.05, 3.63) is 64.6 Å². The Morgan fingerprint density at radius 2 is 1.90 bits per heavy atom. The second-order valence-corrected chi connectivity index (χ2v) is 6.31. The number of benzene rings is 1. The zero-order valence-corrected chi connectivity index (χ0v) is 16.7. The van der Waals surface area contributed by atoms with E-state index in [1.165, 1.54) is 6.07 Å². The molecule has 0 bridgehead atoms. The highest BCUT2D eigenvalue weighted by Crippen LogP contribution is 2.30. The van der Waals surface area contributed by atoms with Crippen LogP contribution in [0.2, 0.25) is 0 Å². The summed E-state index contributed by atoms with van der Waals surface area (Å²) in [5, 5.41) is 3.52. The third-order valence-electron chi connectivity index (χ3n) is 3.93. The van der Waals surface area contributed by atoms with Gasteiger partial charge in [-0.1, -0.05) is 23.7 Å². The molecule has 2 aromatic rings. The number of ether oxygens (including phenoxy) is 1. The fourth-order valence-corrected chi connectivity index (χ4v) is 2.46. The lowest BCUT2D eigenvalue weighted by Gasteiger charge is -2.10. The van der Waals surface area contributed by atoms with Gasteiger partial charge < -0.3 is 10.1 Å². The van der Waals surface area contributed by atoms with Crippen LogP contribution in [0.5, 0.6) is 11.6 Å². The molecule has 0 aliphatic heterocycles. The molecule has 0 unspecified atom stereocenters. The van der Waals surface area contributed by atoms with Gasteiger partial charge in [-0.05, 0) is 43.8 Å². The number of pyridine rings is 1. The molecule has 0 amide bonds. The van der Waals surface area contributed by atoms with Crippen LogP contribution in [0.25, 0.3) is 0 Å². The number of allylic oxidation sites excluding steroid dienone is 1. The summed E-state index contributed by atoms with van der Waals surface area (Å²) in [5.41, 5.74) is 0.848. The Hall–Kier alpha value is -2.87. The minimum Gasteiger partial charge on any atom is -0.439 e. The van der Waals surface area contributed by atoms with E-state index in [0.717, 1.165) is 17.8 Å². The maximum atomic E-state index is 12.6. The van der Waals surface area contributed by atoms with E-state index in [4.69, 9.17) is 16.3 Å². The molecule has 2 rings (SSSR count). The van der Waals surface area contributed by atoms with E-state index < -0.39 is 11.7 Å². The van der Waals surface area contributed by atoms with E-state index in [1.807, 2.05) is 12.1 Å². The molecular weight excluding hydrogens is 405 g/mol. The summed E-state index contributed by atoms with van der Waals surface area (Å²) in [5.74, 6) is 1.02. The lowest BCUT2D eigenvalue weighted by molar-refractivity contribution is -0.137. The summed E-state index contributed by atoms with van der Waals surface area (Å²) < 4.78 is 43.1. The second kappa shape index (κ2) is 10.1. The standard InChI is InChI=1S/C20H20ClF3N4O/c1-13(25-2)18(21)19(26-3)27-11-10-14-4-7-16(8-5-14)29-17-9-6-15(12-28-17)20(22,23)24/h4-9,12,27H,3,10-11H2,1-2H3/b19-18-,25-13-. The number of halogens is 4. The molecule has 29 heavy (non-hydrogen) atoms. The maximum Gasteiger partial charge on any atom is 0.417 e. The van der Waals surface area contributed by atoms with E-state index in [2.05, 4.69) is 27.0 Å². The van der Waals surface area contributed by atoms with Gasteiger partial charge in [-0.3, -0.25) is 4.99 Å². The summed E-state index contributed by atoms with van der Waals surface area (Å²) in [7, 11) is 1.64. The zero-order chi connectivity index (χ0) is 21.4. The highest BCUT2D eigenvalue weighted by atomic mass is 35.5. The number of aromatic nitrogens is 1. The van der Waals surface area contributed by atoms with Gasteiger partial charge in [-0.25, -0.2) is 9.98 Å². The third-order valence-corrected chi connectivity index (χ3v) is 4.39.